The molecule has 3 rings (SSSR count). The number of benzene rings is 1. The maximum atomic E-state index is 13.0. The molecule has 23 heavy (non-hydrogen) atoms. The minimum absolute atomic E-state index is 0.0711. The molecule has 0 radical (unpaired) electrons. The van der Waals surface area contributed by atoms with Crippen molar-refractivity contribution in [2.45, 2.75) is 25.3 Å². The van der Waals surface area contributed by atoms with Gasteiger partial charge >= 0.3 is 0 Å². The van der Waals surface area contributed by atoms with Crippen LogP contribution in [0.1, 0.15) is 19.3 Å². The molecule has 6 nitrogen and oxygen atoms in total. The molecule has 2 heterocycles. The number of nitrogens with two attached hydrogens (primary N) is 1. The van der Waals surface area contributed by atoms with Crippen LogP contribution in [0.5, 0.6) is 0 Å². The molecular formula is C16H18FN3O3. The first-order chi connectivity index (χ1) is 11.0. The van der Waals surface area contributed by atoms with Crippen LogP contribution in [-0.4, -0.2) is 41.8 Å². The summed E-state index contributed by atoms with van der Waals surface area (Å²) in [5.74, 6) is -1.72. The third-order valence-electron chi connectivity index (χ3n) is 4.50. The highest BCUT2D eigenvalue weighted by Gasteiger charge is 2.44. The van der Waals surface area contributed by atoms with Crippen LogP contribution >= 0.6 is 0 Å². The largest absolute Gasteiger partial charge is 0.369 e. The van der Waals surface area contributed by atoms with Gasteiger partial charge in [0.05, 0.1) is 24.1 Å². The topological polar surface area (TPSA) is 83.7 Å². The van der Waals surface area contributed by atoms with E-state index >= 15 is 0 Å². The van der Waals surface area contributed by atoms with E-state index < -0.39 is 11.9 Å². The SMILES string of the molecule is NC(=O)[C@@H]1CCCN([C@H]2CC(=O)N(c3ccc(F)cc3)C2=O)C1. The maximum absolute atomic E-state index is 13.0. The van der Waals surface area contributed by atoms with Crippen LogP contribution in [0.25, 0.3) is 0 Å². The van der Waals surface area contributed by atoms with E-state index in [0.29, 0.717) is 25.2 Å². The molecule has 2 aliphatic rings. The second kappa shape index (κ2) is 6.08. The van der Waals surface area contributed by atoms with E-state index in [1.807, 2.05) is 4.90 Å². The summed E-state index contributed by atoms with van der Waals surface area (Å²) in [6.07, 6.45) is 1.55. The van der Waals surface area contributed by atoms with E-state index in [1.54, 1.807) is 0 Å². The first-order valence-electron chi connectivity index (χ1n) is 7.63. The molecule has 2 atom stereocenters. The van der Waals surface area contributed by atoms with Gasteiger partial charge in [0.1, 0.15) is 5.82 Å². The van der Waals surface area contributed by atoms with E-state index in [0.717, 1.165) is 11.3 Å². The number of amides is 3. The Bertz CT molecular complexity index is 646. The van der Waals surface area contributed by atoms with Gasteiger partial charge in [-0.1, -0.05) is 0 Å². The average molecular weight is 319 g/mol. The summed E-state index contributed by atoms with van der Waals surface area (Å²) in [7, 11) is 0. The zero-order chi connectivity index (χ0) is 16.6. The zero-order valence-corrected chi connectivity index (χ0v) is 12.6. The summed E-state index contributed by atoms with van der Waals surface area (Å²) >= 11 is 0. The fourth-order valence-electron chi connectivity index (χ4n) is 3.28. The van der Waals surface area contributed by atoms with Gasteiger partial charge in [-0.2, -0.15) is 0 Å². The Morgan fingerprint density at radius 3 is 2.57 bits per heavy atom. The van der Waals surface area contributed by atoms with Gasteiger partial charge in [-0.05, 0) is 43.7 Å². The van der Waals surface area contributed by atoms with Crippen LogP contribution in [-0.2, 0) is 14.4 Å². The van der Waals surface area contributed by atoms with Crippen LogP contribution in [0.3, 0.4) is 0 Å². The van der Waals surface area contributed by atoms with Gasteiger partial charge in [0, 0.05) is 6.54 Å². The third-order valence-corrected chi connectivity index (χ3v) is 4.50. The standard InChI is InChI=1S/C16H18FN3O3/c17-11-3-5-12(6-4-11)20-14(21)8-13(16(20)23)19-7-1-2-10(9-19)15(18)22/h3-6,10,13H,1-2,7-9H2,(H2,18,22)/t10-,13+/m1/s1. The number of carbonyl (C=O) groups is 3. The predicted molar refractivity (Wildman–Crippen MR) is 80.8 cm³/mol. The average Bonchev–Trinajstić information content (AvgIpc) is 2.83. The van der Waals surface area contributed by atoms with Crippen molar-refractivity contribution >= 4 is 23.4 Å². The molecule has 2 fully saturated rings. The van der Waals surface area contributed by atoms with Crippen molar-refractivity contribution in [3.8, 4) is 0 Å². The van der Waals surface area contributed by atoms with Gasteiger partial charge in [0.15, 0.2) is 0 Å². The normalized spacial score (nSPS) is 25.9. The summed E-state index contributed by atoms with van der Waals surface area (Å²) in [5, 5.41) is 0. The second-order valence-corrected chi connectivity index (χ2v) is 6.00. The number of piperidine rings is 1. The van der Waals surface area contributed by atoms with Crippen molar-refractivity contribution in [1.82, 2.24) is 4.90 Å². The van der Waals surface area contributed by atoms with Crippen LogP contribution in [0.2, 0.25) is 0 Å². The molecule has 1 aromatic carbocycles. The van der Waals surface area contributed by atoms with Gasteiger partial charge in [-0.15, -0.1) is 0 Å². The number of likely N-dealkylation sites (tertiary alicyclic amines) is 1. The Morgan fingerprint density at radius 1 is 1.22 bits per heavy atom. The molecule has 0 saturated carbocycles. The fourth-order valence-corrected chi connectivity index (χ4v) is 3.28. The van der Waals surface area contributed by atoms with Gasteiger partial charge in [-0.3, -0.25) is 19.3 Å². The summed E-state index contributed by atoms with van der Waals surface area (Å²) in [6.45, 7) is 1.06. The Kier molecular flexibility index (Phi) is 4.12. The number of nitrogens with zero attached hydrogens (tertiary/aromatic N) is 2. The molecule has 0 aromatic heterocycles. The minimum Gasteiger partial charge on any atom is -0.369 e. The summed E-state index contributed by atoms with van der Waals surface area (Å²) in [4.78, 5) is 39.2. The lowest BCUT2D eigenvalue weighted by molar-refractivity contribution is -0.127. The molecule has 122 valence electrons. The number of imide groups is 1. The number of carbonyl (C=O) groups excluding carboxylic acids is 3. The van der Waals surface area contributed by atoms with Crippen molar-refractivity contribution in [2.75, 3.05) is 18.0 Å². The molecule has 0 spiro atoms. The molecule has 0 aliphatic carbocycles. The van der Waals surface area contributed by atoms with E-state index in [4.69, 9.17) is 5.73 Å². The second-order valence-electron chi connectivity index (χ2n) is 6.00. The monoisotopic (exact) mass is 319 g/mol. The van der Waals surface area contributed by atoms with Crippen LogP contribution < -0.4 is 10.6 Å². The van der Waals surface area contributed by atoms with Crippen molar-refractivity contribution in [2.24, 2.45) is 11.7 Å². The first-order valence-corrected chi connectivity index (χ1v) is 7.63. The lowest BCUT2D eigenvalue weighted by Crippen LogP contribution is -2.49. The molecule has 2 N–H and O–H groups in total. The first kappa shape index (κ1) is 15.6. The number of rotatable bonds is 3. The van der Waals surface area contributed by atoms with Crippen molar-refractivity contribution < 1.29 is 18.8 Å². The maximum Gasteiger partial charge on any atom is 0.251 e. The van der Waals surface area contributed by atoms with Crippen molar-refractivity contribution in [3.63, 3.8) is 0 Å². The summed E-state index contributed by atoms with van der Waals surface area (Å²) in [5.41, 5.74) is 5.73. The van der Waals surface area contributed by atoms with E-state index in [1.165, 1.54) is 24.3 Å². The molecule has 2 saturated heterocycles. The van der Waals surface area contributed by atoms with Crippen LogP contribution in [0, 0.1) is 11.7 Å². The Morgan fingerprint density at radius 2 is 1.91 bits per heavy atom. The number of primary amides is 1. The number of halogens is 1. The van der Waals surface area contributed by atoms with Gasteiger partial charge in [0.25, 0.3) is 5.91 Å². The lowest BCUT2D eigenvalue weighted by Gasteiger charge is -2.34. The molecule has 0 bridgehead atoms. The molecular weight excluding hydrogens is 301 g/mol. The van der Waals surface area contributed by atoms with Crippen molar-refractivity contribution in [3.05, 3.63) is 30.1 Å². The highest BCUT2D eigenvalue weighted by Crippen LogP contribution is 2.28. The predicted octanol–water partition coefficient (Wildman–Crippen LogP) is 0.655. The van der Waals surface area contributed by atoms with Gasteiger partial charge in [0.2, 0.25) is 11.8 Å². The number of hydrogen-bond donors (Lipinski definition) is 1. The smallest absolute Gasteiger partial charge is 0.251 e. The molecule has 0 unspecified atom stereocenters. The molecule has 1 aromatic rings. The Balaban J connectivity index is 1.78. The van der Waals surface area contributed by atoms with Gasteiger partial charge < -0.3 is 5.73 Å². The minimum atomic E-state index is -0.574. The van der Waals surface area contributed by atoms with Crippen LogP contribution in [0.4, 0.5) is 10.1 Å². The summed E-state index contributed by atoms with van der Waals surface area (Å²) < 4.78 is 13.0. The molecule has 3 amide bonds. The molecule has 2 aliphatic heterocycles. The highest BCUT2D eigenvalue weighted by molar-refractivity contribution is 6.22. The lowest BCUT2D eigenvalue weighted by atomic mass is 9.96. The Labute approximate surface area is 133 Å². The number of hydrogen-bond acceptors (Lipinski definition) is 4. The third kappa shape index (κ3) is 2.96. The van der Waals surface area contributed by atoms with E-state index in [9.17, 15) is 18.8 Å². The Hall–Kier alpha value is -2.28. The van der Waals surface area contributed by atoms with Crippen molar-refractivity contribution in [1.29, 1.82) is 0 Å². The fraction of sp³-hybridized carbons (Fsp3) is 0.438. The summed E-state index contributed by atoms with van der Waals surface area (Å²) in [6, 6.07) is 4.68. The van der Waals surface area contributed by atoms with Gasteiger partial charge in [-0.25, -0.2) is 9.29 Å². The molecule has 7 heteroatoms. The quantitative estimate of drug-likeness (QED) is 0.829. The zero-order valence-electron chi connectivity index (χ0n) is 12.6. The number of anilines is 1. The highest BCUT2D eigenvalue weighted by atomic mass is 19.1. The van der Waals surface area contributed by atoms with E-state index in [2.05, 4.69) is 0 Å². The van der Waals surface area contributed by atoms with Crippen LogP contribution in [0.15, 0.2) is 24.3 Å². The van der Waals surface area contributed by atoms with E-state index in [-0.39, 0.29) is 30.1 Å².